The Morgan fingerprint density at radius 2 is 0.636 bits per heavy atom. The summed E-state index contributed by atoms with van der Waals surface area (Å²) in [6.45, 7) is 28.3. The van der Waals surface area contributed by atoms with Crippen LogP contribution in [0.5, 0.6) is 0 Å². The molecule has 0 unspecified atom stereocenters. The molecule has 0 aliphatic heterocycles. The minimum atomic E-state index is -0.138. The molecule has 0 heterocycles. The van der Waals surface area contributed by atoms with Crippen LogP contribution in [-0.2, 0) is 15.9 Å². The molecule has 2 aromatic carbocycles. The van der Waals surface area contributed by atoms with Crippen molar-refractivity contribution >= 4 is 45.5 Å². The van der Waals surface area contributed by atoms with E-state index in [2.05, 4.69) is 144 Å². The molecule has 0 fully saturated rings. The summed E-state index contributed by atoms with van der Waals surface area (Å²) in [5.74, 6) is 0. The first-order chi connectivity index (χ1) is 14.9. The fourth-order valence-corrected chi connectivity index (χ4v) is 12.8. The molecule has 0 saturated carbocycles. The molecule has 33 heavy (non-hydrogen) atoms. The van der Waals surface area contributed by atoms with E-state index in [1.54, 1.807) is 0 Å². The molecule has 5 heteroatoms. The third-order valence-corrected chi connectivity index (χ3v) is 11.7. The van der Waals surface area contributed by atoms with Crippen molar-refractivity contribution in [3.05, 3.63) is 60.7 Å². The molecule has 0 aliphatic carbocycles. The first-order valence-corrected chi connectivity index (χ1v) is 18.1. The van der Waals surface area contributed by atoms with Gasteiger partial charge in [-0.3, -0.25) is 0 Å². The molecule has 0 amide bonds. The maximum atomic E-state index is 4.81. The van der Waals surface area contributed by atoms with Crippen LogP contribution in [0, 0.1) is 0 Å². The van der Waals surface area contributed by atoms with E-state index in [9.17, 15) is 0 Å². The van der Waals surface area contributed by atoms with E-state index in [0.717, 1.165) is 0 Å². The Morgan fingerprint density at radius 1 is 0.455 bits per heavy atom. The van der Waals surface area contributed by atoms with Crippen molar-refractivity contribution in [2.75, 3.05) is 0 Å². The van der Waals surface area contributed by atoms with Crippen molar-refractivity contribution in [1.82, 2.24) is 0 Å². The minimum absolute atomic E-state index is 0.106. The number of halogens is 2. The van der Waals surface area contributed by atoms with E-state index in [1.807, 2.05) is 0 Å². The zero-order chi connectivity index (χ0) is 26.1. The Balaban J connectivity index is 0.000000555. The molecule has 0 spiro atoms. The summed E-state index contributed by atoms with van der Waals surface area (Å²) < 4.78 is 0. The molecule has 0 nitrogen and oxygen atoms in total. The van der Waals surface area contributed by atoms with Gasteiger partial charge in [0.1, 0.15) is 0 Å². The van der Waals surface area contributed by atoms with Crippen molar-refractivity contribution in [3.8, 4) is 0 Å². The van der Waals surface area contributed by atoms with E-state index in [-0.39, 0.29) is 31.8 Å². The maximum absolute atomic E-state index is 4.81. The van der Waals surface area contributed by atoms with Gasteiger partial charge in [0, 0.05) is 0 Å². The van der Waals surface area contributed by atoms with Crippen LogP contribution in [0.1, 0.15) is 83.1 Å². The van der Waals surface area contributed by atoms with Crippen LogP contribution in [-0.4, -0.2) is 20.6 Å². The Morgan fingerprint density at radius 3 is 0.788 bits per heavy atom. The Kier molecular flexibility index (Phi) is 14.6. The predicted molar refractivity (Wildman–Crippen MR) is 157 cm³/mol. The topological polar surface area (TPSA) is 0 Å². The third-order valence-electron chi connectivity index (χ3n) is 4.71. The molecule has 0 N–H and O–H groups in total. The summed E-state index contributed by atoms with van der Waals surface area (Å²) in [7, 11) is 9.35. The summed E-state index contributed by atoms with van der Waals surface area (Å²) in [5.41, 5.74) is 0. The van der Waals surface area contributed by atoms with Crippen LogP contribution in [0.4, 0.5) is 0 Å². The van der Waals surface area contributed by atoms with Gasteiger partial charge in [-0.1, -0.05) is 160 Å². The van der Waals surface area contributed by atoms with Gasteiger partial charge in [0.15, 0.2) is 0 Å². The number of benzene rings is 2. The van der Waals surface area contributed by atoms with Crippen molar-refractivity contribution < 1.29 is 15.9 Å². The number of hydrogen-bond donors (Lipinski definition) is 0. The Hall–Kier alpha value is 0.542. The zero-order valence-electron chi connectivity index (χ0n) is 22.7. The second-order valence-electron chi connectivity index (χ2n) is 12.1. The first kappa shape index (κ1) is 33.5. The van der Waals surface area contributed by atoms with Gasteiger partial charge in [0.05, 0.1) is 0 Å². The van der Waals surface area contributed by atoms with Gasteiger partial charge in [-0.15, -0.1) is 0 Å². The molecule has 192 valence electrons. The van der Waals surface area contributed by atoms with Crippen molar-refractivity contribution in [2.24, 2.45) is 0 Å². The summed E-state index contributed by atoms with van der Waals surface area (Å²) >= 11 is -0.106. The average Bonchev–Trinajstić information content (AvgIpc) is 2.60. The molecular formula is C28H46Cl2P2Pd. The standard InChI is InChI=1S/2C14H23P.2ClH.Pd/c2*1-13(2,3)15(14(4,5)6)12-10-8-7-9-11-12;;;/h2*7-11H,1-6H3;2*1H;/q;;;;+2/p-2. The summed E-state index contributed by atoms with van der Waals surface area (Å²) in [5, 5.41) is 4.52. The second-order valence-corrected chi connectivity index (χ2v) is 22.2. The molecule has 0 aromatic heterocycles. The third kappa shape index (κ3) is 12.9. The second kappa shape index (κ2) is 14.3. The van der Waals surface area contributed by atoms with E-state index in [0.29, 0.717) is 20.6 Å². The van der Waals surface area contributed by atoms with Crippen molar-refractivity contribution in [2.45, 2.75) is 104 Å². The quantitative estimate of drug-likeness (QED) is 0.231. The Labute approximate surface area is 224 Å². The molecule has 2 aromatic rings. The molecule has 0 saturated heterocycles. The molecule has 2 rings (SSSR count). The SMILES string of the molecule is CC(C)(C)P(c1ccccc1)C(C)(C)C.CC(C)(C)P(c1ccccc1)C(C)(C)C.[Cl][Pd][Cl]. The average molecular weight is 622 g/mol. The van der Waals surface area contributed by atoms with Gasteiger partial charge in [0.2, 0.25) is 0 Å². The van der Waals surface area contributed by atoms with Crippen LogP contribution < -0.4 is 10.6 Å². The summed E-state index contributed by atoms with van der Waals surface area (Å²) in [4.78, 5) is 0. The van der Waals surface area contributed by atoms with Gasteiger partial charge in [-0.25, -0.2) is 0 Å². The van der Waals surface area contributed by atoms with E-state index in [4.69, 9.17) is 19.1 Å². The molecule has 0 radical (unpaired) electrons. The van der Waals surface area contributed by atoms with Gasteiger partial charge in [0.25, 0.3) is 0 Å². The summed E-state index contributed by atoms with van der Waals surface area (Å²) in [6, 6.07) is 21.9. The number of hydrogen-bond acceptors (Lipinski definition) is 0. The van der Waals surface area contributed by atoms with E-state index in [1.165, 1.54) is 10.6 Å². The fourth-order valence-electron chi connectivity index (χ4n) is 4.72. The van der Waals surface area contributed by atoms with Gasteiger partial charge in [-0.2, -0.15) is 0 Å². The van der Waals surface area contributed by atoms with Crippen molar-refractivity contribution in [3.63, 3.8) is 0 Å². The predicted octanol–water partition coefficient (Wildman–Crippen LogP) is 10.2. The van der Waals surface area contributed by atoms with Crippen LogP contribution in [0.25, 0.3) is 0 Å². The summed E-state index contributed by atoms with van der Waals surface area (Å²) in [6.07, 6.45) is 0. The fraction of sp³-hybridized carbons (Fsp3) is 0.571. The van der Waals surface area contributed by atoms with Crippen LogP contribution in [0.3, 0.4) is 0 Å². The number of rotatable bonds is 2. The molecule has 0 bridgehead atoms. The molecule has 0 aliphatic rings. The Bertz CT molecular complexity index is 673. The van der Waals surface area contributed by atoms with Crippen LogP contribution in [0.15, 0.2) is 60.7 Å². The normalized spacial score (nSPS) is 12.7. The van der Waals surface area contributed by atoms with E-state index < -0.39 is 0 Å². The van der Waals surface area contributed by atoms with Gasteiger partial charge < -0.3 is 0 Å². The zero-order valence-corrected chi connectivity index (χ0v) is 27.6. The van der Waals surface area contributed by atoms with Gasteiger partial charge >= 0.3 is 35.0 Å². The van der Waals surface area contributed by atoms with E-state index >= 15 is 0 Å². The molecular weight excluding hydrogens is 576 g/mol. The van der Waals surface area contributed by atoms with Gasteiger partial charge in [-0.05, 0) is 31.2 Å². The van der Waals surface area contributed by atoms with Crippen LogP contribution >= 0.6 is 34.9 Å². The first-order valence-electron chi connectivity index (χ1n) is 11.4. The molecule has 0 atom stereocenters. The monoisotopic (exact) mass is 620 g/mol. The van der Waals surface area contributed by atoms with Crippen LogP contribution in [0.2, 0.25) is 0 Å². The van der Waals surface area contributed by atoms with Crippen molar-refractivity contribution in [1.29, 1.82) is 0 Å².